The van der Waals surface area contributed by atoms with Gasteiger partial charge in [-0.05, 0) is 0 Å². The van der Waals surface area contributed by atoms with Crippen molar-refractivity contribution in [2.24, 2.45) is 0 Å². The zero-order chi connectivity index (χ0) is 4.99. The van der Waals surface area contributed by atoms with Crippen LogP contribution in [0.3, 0.4) is 0 Å². The fourth-order valence-electron chi connectivity index (χ4n) is 0.0713. The summed E-state index contributed by atoms with van der Waals surface area (Å²) in [5.41, 5.74) is 0. The number of hydrogen-bond acceptors (Lipinski definition) is 3. The van der Waals surface area contributed by atoms with Crippen LogP contribution in [0.15, 0.2) is 0 Å². The molecule has 0 aliphatic heterocycles. The number of hydrogen-bond donors (Lipinski definition) is 1. The molecular formula is CH4O4Zr. The molecule has 0 unspecified atom stereocenters. The van der Waals surface area contributed by atoms with Crippen LogP contribution >= 0.6 is 0 Å². The fourth-order valence-corrected chi connectivity index (χ4v) is 0.422. The van der Waals surface area contributed by atoms with Crippen molar-refractivity contribution < 1.29 is 36.5 Å². The molecule has 0 aliphatic rings. The molecular weight excluding hydrogens is 167 g/mol. The summed E-state index contributed by atoms with van der Waals surface area (Å²) in [5, 5.41) is 0. The molecule has 5 heteroatoms. The van der Waals surface area contributed by atoms with Crippen LogP contribution in [0, 0.1) is 0 Å². The summed E-state index contributed by atoms with van der Waals surface area (Å²) in [6, 6.07) is 0. The van der Waals surface area contributed by atoms with Crippen molar-refractivity contribution in [3.8, 4) is 0 Å². The molecule has 0 atom stereocenters. The van der Waals surface area contributed by atoms with Crippen molar-refractivity contribution in [1.29, 1.82) is 0 Å². The second-order valence-electron chi connectivity index (χ2n) is 0.516. The third kappa shape index (κ3) is 4.56. The van der Waals surface area contributed by atoms with E-state index in [4.69, 9.17) is 3.18 Å². The predicted molar refractivity (Wildman–Crippen MR) is 11.0 cm³/mol. The summed E-state index contributed by atoms with van der Waals surface area (Å²) >= 11 is -3.59. The molecule has 0 amide bonds. The standard InChI is InChI=1S/CH4O2.H2O.O.Zr/c1-3-2;;;/h2H,1H3;1H2;;/q;;;+2/p-2. The molecule has 4 nitrogen and oxygen atoms in total. The van der Waals surface area contributed by atoms with Gasteiger partial charge in [0.25, 0.3) is 0 Å². The second-order valence-corrected chi connectivity index (χ2v) is 2.23. The first-order valence-corrected chi connectivity index (χ1v) is 4.31. The Labute approximate surface area is 44.0 Å². The van der Waals surface area contributed by atoms with Crippen LogP contribution in [0.1, 0.15) is 0 Å². The van der Waals surface area contributed by atoms with E-state index in [2.05, 4.69) is 7.85 Å². The van der Waals surface area contributed by atoms with Crippen molar-refractivity contribution >= 4 is 0 Å². The molecule has 0 fully saturated rings. The van der Waals surface area contributed by atoms with E-state index in [1.165, 1.54) is 7.11 Å². The van der Waals surface area contributed by atoms with E-state index in [1.807, 2.05) is 0 Å². The quantitative estimate of drug-likeness (QED) is 0.443. The van der Waals surface area contributed by atoms with Gasteiger partial charge < -0.3 is 0 Å². The molecule has 0 aromatic carbocycles. The van der Waals surface area contributed by atoms with E-state index < -0.39 is 22.6 Å². The second kappa shape index (κ2) is 3.74. The Bertz CT molecular complexity index is 51.5. The van der Waals surface area contributed by atoms with Gasteiger partial charge in [0.1, 0.15) is 0 Å². The molecule has 6 heavy (non-hydrogen) atoms. The first kappa shape index (κ1) is 6.56. The molecule has 1 N–H and O–H groups in total. The van der Waals surface area contributed by atoms with Gasteiger partial charge in [0.2, 0.25) is 0 Å². The number of rotatable bonds is 2. The van der Waals surface area contributed by atoms with Gasteiger partial charge in [0.05, 0.1) is 0 Å². The van der Waals surface area contributed by atoms with Gasteiger partial charge in [-0.15, -0.1) is 0 Å². The van der Waals surface area contributed by atoms with E-state index in [1.54, 1.807) is 0 Å². The Balaban J connectivity index is 2.83. The SMILES string of the molecule is CO[O][Zr](=[O])[OH]. The van der Waals surface area contributed by atoms with Gasteiger partial charge in [-0.2, -0.15) is 0 Å². The zero-order valence-corrected chi connectivity index (χ0v) is 5.63. The third-order valence-corrected chi connectivity index (χ3v) is 0.915. The average molecular weight is 171 g/mol. The molecule has 0 aromatic heterocycles. The van der Waals surface area contributed by atoms with Gasteiger partial charge in [-0.25, -0.2) is 0 Å². The molecule has 0 saturated heterocycles. The van der Waals surface area contributed by atoms with Gasteiger partial charge in [0, 0.05) is 0 Å². The Morgan fingerprint density at radius 1 is 1.83 bits per heavy atom. The fraction of sp³-hybridized carbons (Fsp3) is 1.00. The topological polar surface area (TPSA) is 55.8 Å². The Morgan fingerprint density at radius 3 is 2.33 bits per heavy atom. The molecule has 0 aromatic rings. The van der Waals surface area contributed by atoms with Gasteiger partial charge >= 0.3 is 43.6 Å². The monoisotopic (exact) mass is 170 g/mol. The Kier molecular flexibility index (Phi) is 4.09. The molecule has 0 aliphatic carbocycles. The van der Waals surface area contributed by atoms with Gasteiger partial charge in [0.15, 0.2) is 0 Å². The molecule has 0 saturated carbocycles. The molecule has 0 bridgehead atoms. The van der Waals surface area contributed by atoms with Crippen molar-refractivity contribution in [3.63, 3.8) is 0 Å². The predicted octanol–water partition coefficient (Wildman–Crippen LogP) is -0.650. The average Bonchev–Trinajstić information content (AvgIpc) is 1.35. The van der Waals surface area contributed by atoms with Crippen molar-refractivity contribution in [2.75, 3.05) is 7.11 Å². The zero-order valence-electron chi connectivity index (χ0n) is 3.17. The summed E-state index contributed by atoms with van der Waals surface area (Å²) in [7, 11) is 1.19. The molecule has 0 heterocycles. The van der Waals surface area contributed by atoms with E-state index in [0.29, 0.717) is 0 Å². The maximum absolute atomic E-state index is 9.53. The van der Waals surface area contributed by atoms with E-state index in [9.17, 15) is 2.81 Å². The molecule has 0 radical (unpaired) electrons. The normalized spacial score (nSPS) is 8.33. The van der Waals surface area contributed by atoms with E-state index >= 15 is 0 Å². The van der Waals surface area contributed by atoms with Gasteiger partial charge in [-0.3, -0.25) is 0 Å². The minimum atomic E-state index is -3.59. The summed E-state index contributed by atoms with van der Waals surface area (Å²) in [6.07, 6.45) is 0. The van der Waals surface area contributed by atoms with Crippen molar-refractivity contribution in [2.45, 2.75) is 0 Å². The third-order valence-electron chi connectivity index (χ3n) is 0.155. The van der Waals surface area contributed by atoms with E-state index in [0.717, 1.165) is 0 Å². The summed E-state index contributed by atoms with van der Waals surface area (Å²) < 4.78 is 21.1. The van der Waals surface area contributed by atoms with Crippen LogP contribution in [0.4, 0.5) is 0 Å². The van der Waals surface area contributed by atoms with Crippen LogP contribution in [0.2, 0.25) is 0 Å². The minimum absolute atomic E-state index is 1.19. The Morgan fingerprint density at radius 2 is 2.33 bits per heavy atom. The van der Waals surface area contributed by atoms with Crippen LogP contribution in [-0.4, -0.2) is 10.3 Å². The first-order valence-electron chi connectivity index (χ1n) is 1.21. The van der Waals surface area contributed by atoms with Crippen LogP contribution in [0.25, 0.3) is 0 Å². The summed E-state index contributed by atoms with van der Waals surface area (Å²) in [6.45, 7) is 0. The Hall–Kier alpha value is 0.563. The van der Waals surface area contributed by atoms with Crippen molar-refractivity contribution in [1.82, 2.24) is 0 Å². The van der Waals surface area contributed by atoms with Crippen molar-refractivity contribution in [3.05, 3.63) is 0 Å². The summed E-state index contributed by atoms with van der Waals surface area (Å²) in [4.78, 5) is 3.83. The van der Waals surface area contributed by atoms with Gasteiger partial charge in [-0.1, -0.05) is 0 Å². The molecule has 0 rings (SSSR count). The van der Waals surface area contributed by atoms with Crippen LogP contribution in [0.5, 0.6) is 0 Å². The summed E-state index contributed by atoms with van der Waals surface area (Å²) in [5.74, 6) is 0. The van der Waals surface area contributed by atoms with E-state index in [-0.39, 0.29) is 0 Å². The first-order chi connectivity index (χ1) is 2.77. The molecule has 0 spiro atoms. The maximum atomic E-state index is 9.53. The van der Waals surface area contributed by atoms with Crippen LogP contribution in [-0.2, 0) is 33.3 Å². The van der Waals surface area contributed by atoms with Crippen LogP contribution < -0.4 is 0 Å². The molecule has 36 valence electrons.